The molecule has 2 unspecified atom stereocenters. The molecule has 1 saturated carbocycles. The van der Waals surface area contributed by atoms with Crippen LogP contribution in [-0.2, 0) is 17.8 Å². The highest BCUT2D eigenvalue weighted by atomic mass is 16.5. The summed E-state index contributed by atoms with van der Waals surface area (Å²) in [6.07, 6.45) is 1.85. The molecular weight excluding hydrogens is 372 g/mol. The number of fused-ring (bicyclic) bond motifs is 2. The van der Waals surface area contributed by atoms with Gasteiger partial charge < -0.3 is 14.5 Å². The fourth-order valence-electron chi connectivity index (χ4n) is 5.09. The molecule has 4 heteroatoms. The zero-order valence-corrected chi connectivity index (χ0v) is 18.7. The third kappa shape index (κ3) is 4.70. The first-order valence-electron chi connectivity index (χ1n) is 11.2. The van der Waals surface area contributed by atoms with Crippen LogP contribution < -0.4 is 4.74 Å². The Morgan fingerprint density at radius 1 is 1.03 bits per heavy atom. The quantitative estimate of drug-likeness (QED) is 0.687. The van der Waals surface area contributed by atoms with Gasteiger partial charge in [-0.25, -0.2) is 0 Å². The minimum atomic E-state index is 0.152. The molecule has 1 saturated heterocycles. The average molecular weight is 407 g/mol. The van der Waals surface area contributed by atoms with Gasteiger partial charge in [0.25, 0.3) is 0 Å². The molecule has 0 radical (unpaired) electrons. The van der Waals surface area contributed by atoms with E-state index in [1.54, 1.807) is 0 Å². The largest absolute Gasteiger partial charge is 0.491 e. The number of carbonyl (C=O) groups is 1. The summed E-state index contributed by atoms with van der Waals surface area (Å²) >= 11 is 0. The summed E-state index contributed by atoms with van der Waals surface area (Å²) in [5, 5.41) is 0. The van der Waals surface area contributed by atoms with Gasteiger partial charge in [0.2, 0.25) is 5.91 Å². The fourth-order valence-corrected chi connectivity index (χ4v) is 5.09. The van der Waals surface area contributed by atoms with Crippen molar-refractivity contribution in [1.29, 1.82) is 0 Å². The summed E-state index contributed by atoms with van der Waals surface area (Å²) in [4.78, 5) is 18.1. The smallest absolute Gasteiger partial charge is 0.227 e. The van der Waals surface area contributed by atoms with Crippen molar-refractivity contribution in [3.05, 3.63) is 65.2 Å². The summed E-state index contributed by atoms with van der Waals surface area (Å²) in [6, 6.07) is 17.0. The van der Waals surface area contributed by atoms with Crippen molar-refractivity contribution in [2.24, 2.45) is 11.8 Å². The number of hydrogen-bond acceptors (Lipinski definition) is 3. The third-order valence-corrected chi connectivity index (χ3v) is 6.47. The molecule has 1 aliphatic heterocycles. The Kier molecular flexibility index (Phi) is 6.14. The molecule has 2 aromatic carbocycles. The lowest BCUT2D eigenvalue weighted by atomic mass is 9.65. The van der Waals surface area contributed by atoms with Crippen LogP contribution in [-0.4, -0.2) is 48.0 Å². The van der Waals surface area contributed by atoms with E-state index >= 15 is 0 Å². The molecule has 4 nitrogen and oxygen atoms in total. The van der Waals surface area contributed by atoms with Crippen molar-refractivity contribution in [2.45, 2.75) is 52.3 Å². The molecule has 2 aliphatic rings. The minimum Gasteiger partial charge on any atom is -0.491 e. The van der Waals surface area contributed by atoms with Crippen molar-refractivity contribution in [2.75, 3.05) is 20.1 Å². The first-order chi connectivity index (χ1) is 14.4. The molecule has 1 aliphatic carbocycles. The van der Waals surface area contributed by atoms with Crippen molar-refractivity contribution in [3.8, 4) is 5.75 Å². The molecule has 2 bridgehead atoms. The molecular formula is C26H34N2O2. The standard InChI is InChI=1S/C26H34N2O2/c1-18(2)30-24-11-9-20(10-12-24)13-25(29)28(15-21-7-5-19(3)6-8-21)26-22-14-23(26)17-27(4)16-22/h5-12,18,22-23,26H,13-17H2,1-4H3. The zero-order valence-electron chi connectivity index (χ0n) is 18.7. The van der Waals surface area contributed by atoms with Gasteiger partial charge in [-0.2, -0.15) is 0 Å². The maximum atomic E-state index is 13.5. The summed E-state index contributed by atoms with van der Waals surface area (Å²) in [7, 11) is 2.20. The molecule has 0 N–H and O–H groups in total. The van der Waals surface area contributed by atoms with E-state index in [0.29, 0.717) is 30.8 Å². The fraction of sp³-hybridized carbons (Fsp3) is 0.500. The molecule has 0 spiro atoms. The average Bonchev–Trinajstić information content (AvgIpc) is 2.70. The summed E-state index contributed by atoms with van der Waals surface area (Å²) in [6.45, 7) is 9.04. The van der Waals surface area contributed by atoms with Crippen LogP contribution in [0.15, 0.2) is 48.5 Å². The normalized spacial score (nSPS) is 23.2. The lowest BCUT2D eigenvalue weighted by molar-refractivity contribution is -0.146. The van der Waals surface area contributed by atoms with E-state index in [2.05, 4.69) is 48.0 Å². The molecule has 1 heterocycles. The lowest BCUT2D eigenvalue weighted by Crippen LogP contribution is -2.64. The van der Waals surface area contributed by atoms with Crippen LogP contribution in [0.4, 0.5) is 0 Å². The molecule has 160 valence electrons. The Morgan fingerprint density at radius 3 is 2.23 bits per heavy atom. The predicted molar refractivity (Wildman–Crippen MR) is 121 cm³/mol. The number of rotatable bonds is 7. The SMILES string of the molecule is Cc1ccc(CN(C(=O)Cc2ccc(OC(C)C)cc2)C2C3CC2CN(C)C3)cc1. The minimum absolute atomic E-state index is 0.152. The van der Waals surface area contributed by atoms with Gasteiger partial charge in [-0.1, -0.05) is 42.0 Å². The number of aryl methyl sites for hydroxylation is 1. The Labute approximate surface area is 180 Å². The van der Waals surface area contributed by atoms with E-state index in [4.69, 9.17) is 4.74 Å². The van der Waals surface area contributed by atoms with Crippen molar-refractivity contribution in [3.63, 3.8) is 0 Å². The van der Waals surface area contributed by atoms with Gasteiger partial charge in [-0.15, -0.1) is 0 Å². The van der Waals surface area contributed by atoms with E-state index in [0.717, 1.165) is 24.4 Å². The van der Waals surface area contributed by atoms with Crippen molar-refractivity contribution >= 4 is 5.91 Å². The first-order valence-corrected chi connectivity index (χ1v) is 11.2. The monoisotopic (exact) mass is 406 g/mol. The Balaban J connectivity index is 1.50. The summed E-state index contributed by atoms with van der Waals surface area (Å²) in [5.41, 5.74) is 3.52. The van der Waals surface area contributed by atoms with Crippen LogP contribution in [0.2, 0.25) is 0 Å². The Bertz CT molecular complexity index is 848. The Hall–Kier alpha value is -2.33. The van der Waals surface area contributed by atoms with Crippen LogP contribution in [0.25, 0.3) is 0 Å². The maximum absolute atomic E-state index is 13.5. The van der Waals surface area contributed by atoms with Crippen molar-refractivity contribution in [1.82, 2.24) is 9.80 Å². The van der Waals surface area contributed by atoms with E-state index in [1.165, 1.54) is 17.5 Å². The van der Waals surface area contributed by atoms with E-state index in [9.17, 15) is 4.79 Å². The van der Waals surface area contributed by atoms with Gasteiger partial charge in [0, 0.05) is 25.7 Å². The van der Waals surface area contributed by atoms with E-state index in [1.807, 2.05) is 38.1 Å². The van der Waals surface area contributed by atoms with Crippen LogP contribution in [0, 0.1) is 18.8 Å². The maximum Gasteiger partial charge on any atom is 0.227 e. The molecule has 4 rings (SSSR count). The summed E-state index contributed by atoms with van der Waals surface area (Å²) in [5.74, 6) is 2.29. The summed E-state index contributed by atoms with van der Waals surface area (Å²) < 4.78 is 5.74. The van der Waals surface area contributed by atoms with Gasteiger partial charge >= 0.3 is 0 Å². The molecule has 30 heavy (non-hydrogen) atoms. The van der Waals surface area contributed by atoms with Gasteiger partial charge in [0.05, 0.1) is 12.5 Å². The Morgan fingerprint density at radius 2 is 1.63 bits per heavy atom. The second-order valence-electron chi connectivity index (χ2n) is 9.46. The number of nitrogens with zero attached hydrogens (tertiary/aromatic N) is 2. The van der Waals surface area contributed by atoms with Gasteiger partial charge in [-0.05, 0) is 69.3 Å². The number of hydrogen-bond donors (Lipinski definition) is 0. The lowest BCUT2D eigenvalue weighted by Gasteiger charge is -2.56. The number of likely N-dealkylation sites (tertiary alicyclic amines) is 1. The van der Waals surface area contributed by atoms with Crippen LogP contribution in [0.1, 0.15) is 37.0 Å². The van der Waals surface area contributed by atoms with Crippen LogP contribution in [0.3, 0.4) is 0 Å². The second-order valence-corrected chi connectivity index (χ2v) is 9.46. The molecule has 2 fully saturated rings. The van der Waals surface area contributed by atoms with Gasteiger partial charge in [-0.3, -0.25) is 4.79 Å². The number of amides is 1. The van der Waals surface area contributed by atoms with E-state index in [-0.39, 0.29) is 12.0 Å². The number of carbonyl (C=O) groups excluding carboxylic acids is 1. The first kappa shape index (κ1) is 20.9. The molecule has 2 aromatic rings. The third-order valence-electron chi connectivity index (χ3n) is 6.47. The van der Waals surface area contributed by atoms with Gasteiger partial charge in [0.1, 0.15) is 5.75 Å². The molecule has 1 amide bonds. The number of piperidine rings is 2. The van der Waals surface area contributed by atoms with Crippen molar-refractivity contribution < 1.29 is 9.53 Å². The highest BCUT2D eigenvalue weighted by Gasteiger charge is 2.49. The van der Waals surface area contributed by atoms with Gasteiger partial charge in [0.15, 0.2) is 0 Å². The number of ether oxygens (including phenoxy) is 1. The van der Waals surface area contributed by atoms with Crippen LogP contribution in [0.5, 0.6) is 5.75 Å². The zero-order chi connectivity index (χ0) is 21.3. The van der Waals surface area contributed by atoms with Crippen LogP contribution >= 0.6 is 0 Å². The highest BCUT2D eigenvalue weighted by Crippen LogP contribution is 2.43. The highest BCUT2D eigenvalue weighted by molar-refractivity contribution is 5.79. The second kappa shape index (κ2) is 8.81. The number of benzene rings is 2. The molecule has 0 aromatic heterocycles. The molecule has 2 atom stereocenters. The predicted octanol–water partition coefficient (Wildman–Crippen LogP) is 4.30. The van der Waals surface area contributed by atoms with E-state index < -0.39 is 0 Å². The topological polar surface area (TPSA) is 32.8 Å².